The lowest BCUT2D eigenvalue weighted by atomic mass is 10.0. The molecule has 8 nitrogen and oxygen atoms in total. The summed E-state index contributed by atoms with van der Waals surface area (Å²) in [6, 6.07) is 15.3. The van der Waals surface area contributed by atoms with Gasteiger partial charge in [0.1, 0.15) is 0 Å². The molecule has 3 atom stereocenters. The smallest absolute Gasteiger partial charge is 0.227 e. The van der Waals surface area contributed by atoms with Gasteiger partial charge in [-0.05, 0) is 29.7 Å². The molecule has 2 N–H and O–H groups in total. The standard InChI is InChI=1S/C29H41Cl2N3O5/c1-33(29(36)17-22-8-9-26(30)27(31)16-22)28(23-6-4-3-5-7-23)21-34-20-25(35)18-24(34)19-32-10-11-38-14-15-39-13-12-37-2/h3-9,16,24-25,28,32,35H,10-15,17-21H2,1-2H3/t24-,25+,28+/m0/s1. The highest BCUT2D eigenvalue weighted by Gasteiger charge is 2.34. The van der Waals surface area contributed by atoms with Crippen LogP contribution in [0.25, 0.3) is 0 Å². The third-order valence-electron chi connectivity index (χ3n) is 6.90. The molecule has 1 fully saturated rings. The molecule has 0 bridgehead atoms. The van der Waals surface area contributed by atoms with Crippen LogP contribution in [-0.4, -0.2) is 106 Å². The monoisotopic (exact) mass is 581 g/mol. The Bertz CT molecular complexity index is 1000. The second-order valence-corrected chi connectivity index (χ2v) is 10.6. The first-order chi connectivity index (χ1) is 18.9. The minimum atomic E-state index is -0.397. The van der Waals surface area contributed by atoms with Crippen molar-refractivity contribution in [2.24, 2.45) is 0 Å². The fourth-order valence-corrected chi connectivity index (χ4v) is 5.06. The number of halogens is 2. The SMILES string of the molecule is COCCOCCOCCNC[C@@H]1C[C@@H](O)CN1C[C@H](c1ccccc1)N(C)C(=O)Cc1ccc(Cl)c(Cl)c1. The van der Waals surface area contributed by atoms with Gasteiger partial charge in [-0.2, -0.15) is 0 Å². The highest BCUT2D eigenvalue weighted by atomic mass is 35.5. The molecular formula is C29H41Cl2N3O5. The molecule has 1 heterocycles. The number of ether oxygens (including phenoxy) is 3. The minimum Gasteiger partial charge on any atom is -0.392 e. The normalized spacial score (nSPS) is 18.4. The maximum absolute atomic E-state index is 13.4. The fraction of sp³-hybridized carbons (Fsp3) is 0.552. The predicted octanol–water partition coefficient (Wildman–Crippen LogP) is 3.44. The number of nitrogens with one attached hydrogen (secondary N) is 1. The Kier molecular flexibility index (Phi) is 14.0. The van der Waals surface area contributed by atoms with Crippen LogP contribution in [0, 0.1) is 0 Å². The topological polar surface area (TPSA) is 83.5 Å². The van der Waals surface area contributed by atoms with E-state index in [4.69, 9.17) is 37.4 Å². The summed E-state index contributed by atoms with van der Waals surface area (Å²) in [6.45, 7) is 5.45. The van der Waals surface area contributed by atoms with Gasteiger partial charge in [-0.1, -0.05) is 59.6 Å². The number of aliphatic hydroxyl groups is 1. The van der Waals surface area contributed by atoms with Gasteiger partial charge >= 0.3 is 0 Å². The number of aliphatic hydroxyl groups excluding tert-OH is 1. The second kappa shape index (κ2) is 17.1. The fourth-order valence-electron chi connectivity index (χ4n) is 4.74. The Morgan fingerprint density at radius 1 is 1.08 bits per heavy atom. The highest BCUT2D eigenvalue weighted by molar-refractivity contribution is 6.42. The van der Waals surface area contributed by atoms with Crippen molar-refractivity contribution >= 4 is 29.1 Å². The number of rotatable bonds is 17. The molecule has 2 aromatic carbocycles. The Morgan fingerprint density at radius 2 is 1.79 bits per heavy atom. The van der Waals surface area contributed by atoms with Gasteiger partial charge in [-0.15, -0.1) is 0 Å². The number of benzene rings is 2. The van der Waals surface area contributed by atoms with Crippen molar-refractivity contribution in [1.82, 2.24) is 15.1 Å². The van der Waals surface area contributed by atoms with Crippen LogP contribution in [0.5, 0.6) is 0 Å². The molecule has 0 aliphatic carbocycles. The Balaban J connectivity index is 1.55. The number of β-amino-alcohol motifs (C(OH)–C–C–N with tert-alkyl or cyclic N) is 1. The van der Waals surface area contributed by atoms with Crippen LogP contribution < -0.4 is 5.32 Å². The number of likely N-dealkylation sites (tertiary alicyclic amines) is 1. The molecule has 1 aliphatic rings. The number of amides is 1. The lowest BCUT2D eigenvalue weighted by Crippen LogP contribution is -2.45. The summed E-state index contributed by atoms with van der Waals surface area (Å²) in [7, 11) is 3.49. The van der Waals surface area contributed by atoms with Gasteiger partial charge in [0.15, 0.2) is 0 Å². The summed E-state index contributed by atoms with van der Waals surface area (Å²) in [4.78, 5) is 17.4. The van der Waals surface area contributed by atoms with E-state index in [9.17, 15) is 9.90 Å². The van der Waals surface area contributed by atoms with Crippen molar-refractivity contribution in [2.75, 3.05) is 73.4 Å². The zero-order valence-corrected chi connectivity index (χ0v) is 24.4. The molecule has 3 rings (SSSR count). The van der Waals surface area contributed by atoms with Crippen LogP contribution in [0.4, 0.5) is 0 Å². The molecule has 39 heavy (non-hydrogen) atoms. The zero-order chi connectivity index (χ0) is 28.0. The molecule has 0 unspecified atom stereocenters. The highest BCUT2D eigenvalue weighted by Crippen LogP contribution is 2.27. The van der Waals surface area contributed by atoms with Gasteiger partial charge in [0.25, 0.3) is 0 Å². The van der Waals surface area contributed by atoms with E-state index >= 15 is 0 Å². The van der Waals surface area contributed by atoms with E-state index in [1.54, 1.807) is 24.1 Å². The molecule has 0 radical (unpaired) electrons. The van der Waals surface area contributed by atoms with E-state index in [0.29, 0.717) is 69.1 Å². The Morgan fingerprint density at radius 3 is 2.51 bits per heavy atom. The minimum absolute atomic E-state index is 0.0139. The molecule has 0 saturated carbocycles. The van der Waals surface area contributed by atoms with Crippen molar-refractivity contribution in [2.45, 2.75) is 31.0 Å². The summed E-state index contributed by atoms with van der Waals surface area (Å²) in [5, 5.41) is 14.8. The lowest BCUT2D eigenvalue weighted by molar-refractivity contribution is -0.131. The quantitative estimate of drug-likeness (QED) is 0.277. The van der Waals surface area contributed by atoms with Crippen LogP contribution in [0.3, 0.4) is 0 Å². The van der Waals surface area contributed by atoms with Crippen LogP contribution >= 0.6 is 23.2 Å². The number of carbonyl (C=O) groups is 1. The molecule has 0 spiro atoms. The molecule has 1 aliphatic heterocycles. The third kappa shape index (κ3) is 10.6. The third-order valence-corrected chi connectivity index (χ3v) is 7.64. The van der Waals surface area contributed by atoms with E-state index in [0.717, 1.165) is 17.7 Å². The summed E-state index contributed by atoms with van der Waals surface area (Å²) in [5.41, 5.74) is 1.87. The zero-order valence-electron chi connectivity index (χ0n) is 22.9. The summed E-state index contributed by atoms with van der Waals surface area (Å²) in [6.07, 6.45) is 0.511. The predicted molar refractivity (Wildman–Crippen MR) is 154 cm³/mol. The number of methoxy groups -OCH3 is 1. The van der Waals surface area contributed by atoms with Crippen molar-refractivity contribution in [3.8, 4) is 0 Å². The van der Waals surface area contributed by atoms with Crippen LogP contribution in [-0.2, 0) is 25.4 Å². The summed E-state index contributed by atoms with van der Waals surface area (Å²) < 4.78 is 16.0. The maximum Gasteiger partial charge on any atom is 0.227 e. The summed E-state index contributed by atoms with van der Waals surface area (Å²) >= 11 is 12.2. The molecular weight excluding hydrogens is 541 g/mol. The van der Waals surface area contributed by atoms with E-state index < -0.39 is 6.10 Å². The van der Waals surface area contributed by atoms with E-state index in [1.165, 1.54) is 0 Å². The van der Waals surface area contributed by atoms with Crippen molar-refractivity contribution < 1.29 is 24.1 Å². The number of likely N-dealkylation sites (N-methyl/N-ethyl adjacent to an activating group) is 1. The first-order valence-corrected chi connectivity index (χ1v) is 14.2. The van der Waals surface area contributed by atoms with Gasteiger partial charge < -0.3 is 29.5 Å². The van der Waals surface area contributed by atoms with Gasteiger partial charge in [-0.3, -0.25) is 9.69 Å². The number of carbonyl (C=O) groups excluding carboxylic acids is 1. The first-order valence-electron chi connectivity index (χ1n) is 13.4. The number of hydrogen-bond acceptors (Lipinski definition) is 7. The Hall–Kier alpha value is -1.75. The molecule has 2 aromatic rings. The van der Waals surface area contributed by atoms with Gasteiger partial charge in [0, 0.05) is 46.4 Å². The summed E-state index contributed by atoms with van der Waals surface area (Å²) in [5.74, 6) is -0.0139. The molecule has 10 heteroatoms. The average molecular weight is 583 g/mol. The first kappa shape index (κ1) is 31.8. The maximum atomic E-state index is 13.4. The van der Waals surface area contributed by atoms with E-state index in [-0.39, 0.29) is 24.4 Å². The van der Waals surface area contributed by atoms with E-state index in [2.05, 4.69) is 10.2 Å². The average Bonchev–Trinajstić information content (AvgIpc) is 3.29. The van der Waals surface area contributed by atoms with Crippen molar-refractivity contribution in [1.29, 1.82) is 0 Å². The number of hydrogen-bond donors (Lipinski definition) is 2. The Labute approximate surface area is 242 Å². The molecule has 216 valence electrons. The van der Waals surface area contributed by atoms with E-state index in [1.807, 2.05) is 43.4 Å². The van der Waals surface area contributed by atoms with Crippen molar-refractivity contribution in [3.05, 3.63) is 69.7 Å². The van der Waals surface area contributed by atoms with Gasteiger partial charge in [-0.25, -0.2) is 0 Å². The van der Waals surface area contributed by atoms with Gasteiger partial charge in [0.2, 0.25) is 5.91 Å². The largest absolute Gasteiger partial charge is 0.392 e. The second-order valence-electron chi connectivity index (χ2n) is 9.78. The van der Waals surface area contributed by atoms with Crippen LogP contribution in [0.15, 0.2) is 48.5 Å². The molecule has 1 amide bonds. The molecule has 0 aromatic heterocycles. The molecule has 1 saturated heterocycles. The number of nitrogens with zero attached hydrogens (tertiary/aromatic N) is 2. The van der Waals surface area contributed by atoms with Gasteiger partial charge in [0.05, 0.1) is 61.6 Å². The van der Waals surface area contributed by atoms with Crippen LogP contribution in [0.1, 0.15) is 23.6 Å². The van der Waals surface area contributed by atoms with Crippen molar-refractivity contribution in [3.63, 3.8) is 0 Å². The lowest BCUT2D eigenvalue weighted by Gasteiger charge is -2.34. The van der Waals surface area contributed by atoms with Crippen LogP contribution in [0.2, 0.25) is 10.0 Å².